The van der Waals surface area contributed by atoms with E-state index in [0.717, 1.165) is 51.4 Å². The van der Waals surface area contributed by atoms with Gasteiger partial charge in [0.25, 0.3) is 0 Å². The Kier molecular flexibility index (Phi) is 45.1. The second kappa shape index (κ2) is 46.4. The lowest BCUT2D eigenvalue weighted by molar-refractivity contribution is -0.148. The van der Waals surface area contributed by atoms with Gasteiger partial charge >= 0.3 is 5.97 Å². The number of nitrogens with one attached hydrogen (secondary N) is 1. The molecule has 0 bridgehead atoms. The summed E-state index contributed by atoms with van der Waals surface area (Å²) >= 11 is 0. The SMILES string of the molecule is CCCCCCCC/C=C\C/C=C/C(CC(=O)NC(CO)C(O)CCCCCCCCCCCCCCCCCC)OC(=O)CCCCCCCCCCCCCC. The van der Waals surface area contributed by atoms with Crippen LogP contribution in [0.2, 0.25) is 0 Å². The van der Waals surface area contributed by atoms with Crippen LogP contribution in [0.15, 0.2) is 24.3 Å². The minimum absolute atomic E-state index is 0.0234. The molecule has 3 N–H and O–H groups in total. The van der Waals surface area contributed by atoms with E-state index in [1.165, 1.54) is 180 Å². The first-order chi connectivity index (χ1) is 28.5. The van der Waals surface area contributed by atoms with Crippen LogP contribution in [0.25, 0.3) is 0 Å². The van der Waals surface area contributed by atoms with E-state index < -0.39 is 18.2 Å². The summed E-state index contributed by atoms with van der Waals surface area (Å²) in [4.78, 5) is 26.0. The summed E-state index contributed by atoms with van der Waals surface area (Å²) in [6.45, 7) is 6.45. The Morgan fingerprint density at radius 3 is 1.34 bits per heavy atom. The molecule has 0 heterocycles. The molecule has 0 aromatic carbocycles. The van der Waals surface area contributed by atoms with Gasteiger partial charge < -0.3 is 20.3 Å². The molecule has 58 heavy (non-hydrogen) atoms. The Hall–Kier alpha value is -1.66. The molecule has 6 heteroatoms. The maximum atomic E-state index is 13.1. The van der Waals surface area contributed by atoms with Crippen molar-refractivity contribution >= 4 is 11.9 Å². The minimum atomic E-state index is -0.806. The van der Waals surface area contributed by atoms with Gasteiger partial charge in [-0.15, -0.1) is 0 Å². The highest BCUT2D eigenvalue weighted by atomic mass is 16.5. The molecule has 0 rings (SSSR count). The largest absolute Gasteiger partial charge is 0.458 e. The van der Waals surface area contributed by atoms with Crippen molar-refractivity contribution in [2.45, 2.75) is 289 Å². The van der Waals surface area contributed by atoms with Crippen LogP contribution in [0.3, 0.4) is 0 Å². The Bertz CT molecular complexity index is 919. The van der Waals surface area contributed by atoms with Crippen LogP contribution in [0.5, 0.6) is 0 Å². The lowest BCUT2D eigenvalue weighted by Gasteiger charge is -2.23. The first-order valence-corrected chi connectivity index (χ1v) is 25.6. The maximum absolute atomic E-state index is 13.1. The monoisotopic (exact) mass is 818 g/mol. The third-order valence-corrected chi connectivity index (χ3v) is 11.8. The maximum Gasteiger partial charge on any atom is 0.306 e. The van der Waals surface area contributed by atoms with Crippen molar-refractivity contribution in [3.8, 4) is 0 Å². The highest BCUT2D eigenvalue weighted by Gasteiger charge is 2.23. The number of hydrogen-bond donors (Lipinski definition) is 3. The van der Waals surface area contributed by atoms with E-state index in [0.29, 0.717) is 12.8 Å². The van der Waals surface area contributed by atoms with E-state index in [4.69, 9.17) is 4.74 Å². The Morgan fingerprint density at radius 1 is 0.517 bits per heavy atom. The first-order valence-electron chi connectivity index (χ1n) is 25.6. The van der Waals surface area contributed by atoms with E-state index >= 15 is 0 Å². The second-order valence-corrected chi connectivity index (χ2v) is 17.6. The highest BCUT2D eigenvalue weighted by Crippen LogP contribution is 2.17. The molecular weight excluding hydrogens is 719 g/mol. The zero-order valence-corrected chi connectivity index (χ0v) is 38.9. The fraction of sp³-hybridized carbons (Fsp3) is 0.885. The number of aliphatic hydroxyl groups is 2. The van der Waals surface area contributed by atoms with Gasteiger partial charge in [0.1, 0.15) is 6.10 Å². The molecule has 0 spiro atoms. The fourth-order valence-electron chi connectivity index (χ4n) is 7.87. The Morgan fingerprint density at radius 2 is 0.914 bits per heavy atom. The Balaban J connectivity index is 4.54. The van der Waals surface area contributed by atoms with Crippen LogP contribution in [0.4, 0.5) is 0 Å². The summed E-state index contributed by atoms with van der Waals surface area (Å²) in [6.07, 6.45) is 52.7. The number of esters is 1. The van der Waals surface area contributed by atoms with E-state index in [-0.39, 0.29) is 24.9 Å². The van der Waals surface area contributed by atoms with Gasteiger partial charge in [0.05, 0.1) is 25.2 Å². The molecule has 1 amide bonds. The molecule has 0 fully saturated rings. The first kappa shape index (κ1) is 56.3. The average Bonchev–Trinajstić information content (AvgIpc) is 3.22. The van der Waals surface area contributed by atoms with Crippen LogP contribution in [0, 0.1) is 0 Å². The van der Waals surface area contributed by atoms with Crippen LogP contribution in [-0.2, 0) is 14.3 Å². The molecule has 0 aromatic heterocycles. The van der Waals surface area contributed by atoms with Gasteiger partial charge in [-0.3, -0.25) is 9.59 Å². The molecule has 0 aliphatic heterocycles. The van der Waals surface area contributed by atoms with Crippen molar-refractivity contribution in [3.63, 3.8) is 0 Å². The predicted octanol–water partition coefficient (Wildman–Crippen LogP) is 15.1. The number of unbranched alkanes of at least 4 members (excludes halogenated alkanes) is 32. The molecule has 0 saturated heterocycles. The van der Waals surface area contributed by atoms with Crippen molar-refractivity contribution in [2.24, 2.45) is 0 Å². The third kappa shape index (κ3) is 41.1. The van der Waals surface area contributed by atoms with Crippen molar-refractivity contribution in [3.05, 3.63) is 24.3 Å². The average molecular weight is 818 g/mol. The van der Waals surface area contributed by atoms with Gasteiger partial charge in [0.15, 0.2) is 0 Å². The minimum Gasteiger partial charge on any atom is -0.458 e. The summed E-state index contributed by atoms with van der Waals surface area (Å²) in [7, 11) is 0. The van der Waals surface area contributed by atoms with Gasteiger partial charge in [-0.05, 0) is 38.2 Å². The topological polar surface area (TPSA) is 95.9 Å². The molecule has 0 saturated carbocycles. The summed E-state index contributed by atoms with van der Waals surface area (Å²) in [5, 5.41) is 23.7. The van der Waals surface area contributed by atoms with Gasteiger partial charge in [-0.25, -0.2) is 0 Å². The van der Waals surface area contributed by atoms with Crippen LogP contribution in [-0.4, -0.2) is 46.9 Å². The van der Waals surface area contributed by atoms with E-state index in [2.05, 4.69) is 38.2 Å². The van der Waals surface area contributed by atoms with Gasteiger partial charge in [0.2, 0.25) is 5.91 Å². The molecule has 342 valence electrons. The molecule has 3 atom stereocenters. The molecule has 0 aliphatic rings. The summed E-state index contributed by atoms with van der Waals surface area (Å²) in [6, 6.07) is -0.727. The number of carbonyl (C=O) groups excluding carboxylic acids is 2. The van der Waals surface area contributed by atoms with Crippen LogP contribution >= 0.6 is 0 Å². The quantitative estimate of drug-likeness (QED) is 0.0323. The molecular formula is C52H99NO5. The number of ether oxygens (including phenoxy) is 1. The van der Waals surface area contributed by atoms with E-state index in [9.17, 15) is 19.8 Å². The van der Waals surface area contributed by atoms with E-state index in [1.807, 2.05) is 12.2 Å². The van der Waals surface area contributed by atoms with E-state index in [1.54, 1.807) is 0 Å². The molecule has 0 aliphatic carbocycles. The lowest BCUT2D eigenvalue weighted by Crippen LogP contribution is -2.46. The third-order valence-electron chi connectivity index (χ3n) is 11.8. The number of aliphatic hydroxyl groups excluding tert-OH is 2. The number of amides is 1. The standard InChI is InChI=1S/C52H99NO5/c1-4-7-10-13-16-19-22-24-25-26-27-29-32-35-38-41-44-50(55)49(47-54)53-51(56)46-48(43-40-37-34-31-28-21-18-15-12-9-6-3)58-52(57)45-42-39-36-33-30-23-20-17-14-11-8-5-2/h31,34,40,43,48-50,54-55H,4-30,32-33,35-39,41-42,44-47H2,1-3H3,(H,53,56)/b34-31-,43-40+. The van der Waals surface area contributed by atoms with Gasteiger partial charge in [-0.2, -0.15) is 0 Å². The number of rotatable bonds is 46. The molecule has 3 unspecified atom stereocenters. The number of allylic oxidation sites excluding steroid dienone is 3. The molecule has 0 radical (unpaired) electrons. The van der Waals surface area contributed by atoms with Crippen LogP contribution in [0.1, 0.15) is 271 Å². The second-order valence-electron chi connectivity index (χ2n) is 17.6. The smallest absolute Gasteiger partial charge is 0.306 e. The zero-order valence-electron chi connectivity index (χ0n) is 38.9. The van der Waals surface area contributed by atoms with Gasteiger partial charge in [-0.1, -0.05) is 244 Å². The van der Waals surface area contributed by atoms with Gasteiger partial charge in [0, 0.05) is 6.42 Å². The molecule has 0 aromatic rings. The number of hydrogen-bond acceptors (Lipinski definition) is 5. The zero-order chi connectivity index (χ0) is 42.4. The Labute approximate surface area is 361 Å². The van der Waals surface area contributed by atoms with Crippen molar-refractivity contribution in [1.29, 1.82) is 0 Å². The van der Waals surface area contributed by atoms with Crippen LogP contribution < -0.4 is 5.32 Å². The summed E-state index contributed by atoms with van der Waals surface area (Å²) < 4.78 is 5.82. The summed E-state index contributed by atoms with van der Waals surface area (Å²) in [5.41, 5.74) is 0. The van der Waals surface area contributed by atoms with Crippen molar-refractivity contribution in [1.82, 2.24) is 5.32 Å². The fourth-order valence-corrected chi connectivity index (χ4v) is 7.87. The highest BCUT2D eigenvalue weighted by molar-refractivity contribution is 5.78. The number of carbonyl (C=O) groups is 2. The van der Waals surface area contributed by atoms with Crippen molar-refractivity contribution < 1.29 is 24.5 Å². The molecule has 6 nitrogen and oxygen atoms in total. The van der Waals surface area contributed by atoms with Crippen molar-refractivity contribution in [2.75, 3.05) is 6.61 Å². The predicted molar refractivity (Wildman–Crippen MR) is 250 cm³/mol. The lowest BCUT2D eigenvalue weighted by atomic mass is 10.0. The summed E-state index contributed by atoms with van der Waals surface area (Å²) in [5.74, 6) is -0.591. The normalized spacial score (nSPS) is 13.4.